The molecule has 2 heterocycles. The van der Waals surface area contributed by atoms with Crippen LogP contribution >= 0.6 is 11.3 Å². The molecule has 0 saturated carbocycles. The van der Waals surface area contributed by atoms with Gasteiger partial charge in [-0.05, 0) is 45.0 Å². The smallest absolute Gasteiger partial charge is 0.0901 e. The molecule has 0 aliphatic carbocycles. The fourth-order valence-corrected chi connectivity index (χ4v) is 3.06. The molecule has 0 spiro atoms. The van der Waals surface area contributed by atoms with Gasteiger partial charge in [0.1, 0.15) is 0 Å². The van der Waals surface area contributed by atoms with E-state index in [1.54, 1.807) is 11.3 Å². The summed E-state index contributed by atoms with van der Waals surface area (Å²) < 4.78 is 0. The summed E-state index contributed by atoms with van der Waals surface area (Å²) in [5.41, 5.74) is 3.48. The third-order valence-electron chi connectivity index (χ3n) is 3.51. The van der Waals surface area contributed by atoms with Crippen molar-refractivity contribution in [2.24, 2.45) is 0 Å². The van der Waals surface area contributed by atoms with Crippen LogP contribution in [-0.4, -0.2) is 24.1 Å². The molecule has 1 aliphatic heterocycles. The van der Waals surface area contributed by atoms with Crippen molar-refractivity contribution < 1.29 is 0 Å². The van der Waals surface area contributed by atoms with E-state index >= 15 is 0 Å². The van der Waals surface area contributed by atoms with Crippen molar-refractivity contribution >= 4 is 17.0 Å². The molecule has 0 amide bonds. The zero-order chi connectivity index (χ0) is 13.1. The van der Waals surface area contributed by atoms with E-state index in [2.05, 4.69) is 45.3 Å². The van der Waals surface area contributed by atoms with Crippen molar-refractivity contribution in [3.05, 3.63) is 34.7 Å². The highest BCUT2D eigenvalue weighted by molar-refractivity contribution is 7.09. The van der Waals surface area contributed by atoms with Crippen LogP contribution in [0.25, 0.3) is 11.3 Å². The van der Waals surface area contributed by atoms with E-state index in [1.807, 2.05) is 6.92 Å². The first-order valence-corrected chi connectivity index (χ1v) is 7.69. The summed E-state index contributed by atoms with van der Waals surface area (Å²) in [6, 6.07) is 9.22. The normalized spacial score (nSPS) is 16.5. The second-order valence-corrected chi connectivity index (χ2v) is 6.06. The minimum Gasteiger partial charge on any atom is -0.382 e. The molecule has 2 N–H and O–H groups in total. The van der Waals surface area contributed by atoms with Gasteiger partial charge in [0.2, 0.25) is 0 Å². The Kier molecular flexibility index (Phi) is 3.80. The van der Waals surface area contributed by atoms with Crippen LogP contribution in [0.2, 0.25) is 0 Å². The molecule has 1 aromatic carbocycles. The first-order chi connectivity index (χ1) is 9.31. The molecule has 0 radical (unpaired) electrons. The van der Waals surface area contributed by atoms with E-state index in [0.717, 1.165) is 23.8 Å². The van der Waals surface area contributed by atoms with Gasteiger partial charge >= 0.3 is 0 Å². The molecule has 100 valence electrons. The lowest BCUT2D eigenvalue weighted by molar-refractivity contribution is 0.479. The molecule has 3 rings (SSSR count). The molecule has 2 aromatic rings. The monoisotopic (exact) mass is 273 g/mol. The number of nitrogens with one attached hydrogen (secondary N) is 2. The summed E-state index contributed by atoms with van der Waals surface area (Å²) in [7, 11) is 0. The second-order valence-electron chi connectivity index (χ2n) is 5.00. The molecule has 0 atom stereocenters. The number of piperidine rings is 1. The summed E-state index contributed by atoms with van der Waals surface area (Å²) >= 11 is 1.70. The van der Waals surface area contributed by atoms with Crippen LogP contribution in [0, 0.1) is 6.92 Å². The van der Waals surface area contributed by atoms with Gasteiger partial charge in [0, 0.05) is 22.7 Å². The lowest BCUT2D eigenvalue weighted by atomic mass is 10.1. The van der Waals surface area contributed by atoms with Crippen molar-refractivity contribution in [1.29, 1.82) is 0 Å². The average Bonchev–Trinajstić information content (AvgIpc) is 2.87. The van der Waals surface area contributed by atoms with Crippen LogP contribution in [0.3, 0.4) is 0 Å². The van der Waals surface area contributed by atoms with E-state index < -0.39 is 0 Å². The fraction of sp³-hybridized carbons (Fsp3) is 0.400. The molecule has 1 saturated heterocycles. The Labute approximate surface area is 118 Å². The third kappa shape index (κ3) is 3.14. The SMILES string of the molecule is Cc1nc(-c2ccc(NC3CCNCC3)cc2)cs1. The van der Waals surface area contributed by atoms with Crippen molar-refractivity contribution in [3.63, 3.8) is 0 Å². The van der Waals surface area contributed by atoms with Gasteiger partial charge in [0.15, 0.2) is 0 Å². The molecule has 1 fully saturated rings. The van der Waals surface area contributed by atoms with Crippen LogP contribution in [0.4, 0.5) is 5.69 Å². The number of aryl methyl sites for hydroxylation is 1. The van der Waals surface area contributed by atoms with Gasteiger partial charge in [-0.2, -0.15) is 0 Å². The van der Waals surface area contributed by atoms with Crippen LogP contribution in [0.1, 0.15) is 17.8 Å². The zero-order valence-electron chi connectivity index (χ0n) is 11.1. The number of rotatable bonds is 3. The maximum atomic E-state index is 4.52. The Morgan fingerprint density at radius 1 is 1.21 bits per heavy atom. The van der Waals surface area contributed by atoms with E-state index in [0.29, 0.717) is 6.04 Å². The first-order valence-electron chi connectivity index (χ1n) is 6.81. The van der Waals surface area contributed by atoms with Gasteiger partial charge in [-0.15, -0.1) is 11.3 Å². The fourth-order valence-electron chi connectivity index (χ4n) is 2.44. The highest BCUT2D eigenvalue weighted by atomic mass is 32.1. The van der Waals surface area contributed by atoms with Gasteiger partial charge in [-0.3, -0.25) is 0 Å². The number of hydrogen-bond donors (Lipinski definition) is 2. The third-order valence-corrected chi connectivity index (χ3v) is 4.28. The summed E-state index contributed by atoms with van der Waals surface area (Å²) in [6.45, 7) is 4.28. The van der Waals surface area contributed by atoms with Crippen LogP contribution in [0.5, 0.6) is 0 Å². The first kappa shape index (κ1) is 12.6. The van der Waals surface area contributed by atoms with E-state index in [4.69, 9.17) is 0 Å². The molecule has 1 aromatic heterocycles. The quantitative estimate of drug-likeness (QED) is 0.901. The predicted octanol–water partition coefficient (Wildman–Crippen LogP) is 3.28. The Balaban J connectivity index is 1.68. The van der Waals surface area contributed by atoms with Gasteiger partial charge in [-0.1, -0.05) is 12.1 Å². The topological polar surface area (TPSA) is 37.0 Å². The molecule has 0 bridgehead atoms. The molecular formula is C15H19N3S. The number of aromatic nitrogens is 1. The van der Waals surface area contributed by atoms with Crippen molar-refractivity contribution in [2.45, 2.75) is 25.8 Å². The minimum atomic E-state index is 0.605. The van der Waals surface area contributed by atoms with Crippen molar-refractivity contribution in [2.75, 3.05) is 18.4 Å². The minimum absolute atomic E-state index is 0.605. The standard InChI is InChI=1S/C15H19N3S/c1-11-17-15(10-19-11)12-2-4-13(5-3-12)18-14-6-8-16-9-7-14/h2-5,10,14,16,18H,6-9H2,1H3. The molecule has 1 aliphatic rings. The Bertz CT molecular complexity index is 527. The molecule has 0 unspecified atom stereocenters. The highest BCUT2D eigenvalue weighted by Crippen LogP contribution is 2.23. The molecular weight excluding hydrogens is 254 g/mol. The van der Waals surface area contributed by atoms with Crippen LogP contribution < -0.4 is 10.6 Å². The maximum Gasteiger partial charge on any atom is 0.0901 e. The number of anilines is 1. The number of nitrogens with zero attached hydrogens (tertiary/aromatic N) is 1. The van der Waals surface area contributed by atoms with Gasteiger partial charge in [0.05, 0.1) is 10.7 Å². The summed E-state index contributed by atoms with van der Waals surface area (Å²) in [5, 5.41) is 10.2. The van der Waals surface area contributed by atoms with Gasteiger partial charge in [0.25, 0.3) is 0 Å². The number of hydrogen-bond acceptors (Lipinski definition) is 4. The van der Waals surface area contributed by atoms with Gasteiger partial charge in [-0.25, -0.2) is 4.98 Å². The zero-order valence-corrected chi connectivity index (χ0v) is 12.0. The average molecular weight is 273 g/mol. The number of thiazole rings is 1. The summed E-state index contributed by atoms with van der Waals surface area (Å²) in [5.74, 6) is 0. The Hall–Kier alpha value is -1.39. The lowest BCUT2D eigenvalue weighted by Crippen LogP contribution is -2.35. The maximum absolute atomic E-state index is 4.52. The van der Waals surface area contributed by atoms with Gasteiger partial charge < -0.3 is 10.6 Å². The summed E-state index contributed by atoms with van der Waals surface area (Å²) in [4.78, 5) is 4.52. The van der Waals surface area contributed by atoms with E-state index in [1.165, 1.54) is 24.1 Å². The van der Waals surface area contributed by atoms with E-state index in [-0.39, 0.29) is 0 Å². The highest BCUT2D eigenvalue weighted by Gasteiger charge is 2.12. The Morgan fingerprint density at radius 3 is 2.58 bits per heavy atom. The second kappa shape index (κ2) is 5.72. The van der Waals surface area contributed by atoms with Crippen molar-refractivity contribution in [3.8, 4) is 11.3 Å². The molecule has 4 heteroatoms. The molecule has 19 heavy (non-hydrogen) atoms. The number of benzene rings is 1. The van der Waals surface area contributed by atoms with Crippen molar-refractivity contribution in [1.82, 2.24) is 10.3 Å². The van der Waals surface area contributed by atoms with E-state index in [9.17, 15) is 0 Å². The predicted molar refractivity (Wildman–Crippen MR) is 81.8 cm³/mol. The van der Waals surface area contributed by atoms with Crippen LogP contribution in [0.15, 0.2) is 29.6 Å². The lowest BCUT2D eigenvalue weighted by Gasteiger charge is -2.24. The Morgan fingerprint density at radius 2 is 1.95 bits per heavy atom. The van der Waals surface area contributed by atoms with Crippen LogP contribution in [-0.2, 0) is 0 Å². The molecule has 3 nitrogen and oxygen atoms in total. The largest absolute Gasteiger partial charge is 0.382 e. The summed E-state index contributed by atoms with van der Waals surface area (Å²) in [6.07, 6.45) is 2.40.